The van der Waals surface area contributed by atoms with Crippen LogP contribution in [0, 0.1) is 13.8 Å². The summed E-state index contributed by atoms with van der Waals surface area (Å²) in [6.07, 6.45) is 0. The number of benzene rings is 1. The molecule has 0 aliphatic heterocycles. The van der Waals surface area contributed by atoms with Gasteiger partial charge >= 0.3 is 0 Å². The van der Waals surface area contributed by atoms with Crippen LogP contribution in [-0.4, -0.2) is 24.6 Å². The van der Waals surface area contributed by atoms with Gasteiger partial charge in [-0.15, -0.1) is 16.4 Å². The van der Waals surface area contributed by atoms with E-state index in [9.17, 15) is 0 Å². The minimum Gasteiger partial charge on any atom is -0.229 e. The summed E-state index contributed by atoms with van der Waals surface area (Å²) >= 11 is 3.13. The normalized spacial score (nSPS) is 11.5. The molecule has 4 rings (SSSR count). The first kappa shape index (κ1) is 12.7. The monoisotopic (exact) mass is 313 g/mol. The molecule has 0 saturated heterocycles. The second-order valence-corrected chi connectivity index (χ2v) is 6.94. The molecule has 3 aromatic heterocycles. The van der Waals surface area contributed by atoms with Crippen LogP contribution in [-0.2, 0) is 0 Å². The van der Waals surface area contributed by atoms with Gasteiger partial charge in [-0.1, -0.05) is 12.1 Å². The second kappa shape index (κ2) is 4.78. The van der Waals surface area contributed by atoms with Gasteiger partial charge in [-0.25, -0.2) is 14.5 Å². The van der Waals surface area contributed by atoms with Crippen molar-refractivity contribution in [3.05, 3.63) is 41.7 Å². The standard InChI is InChI=1S/C14H11N5S2/c1-8-7-9(2)19-12(15-8)17-13(18-19)21-14-16-10-5-3-4-6-11(10)20-14/h3-7H,1-2H3. The number of hydrogen-bond donors (Lipinski definition) is 0. The molecule has 0 saturated carbocycles. The maximum Gasteiger partial charge on any atom is 0.253 e. The molecule has 21 heavy (non-hydrogen) atoms. The Labute approximate surface area is 129 Å². The Hall–Kier alpha value is -1.99. The van der Waals surface area contributed by atoms with E-state index in [2.05, 4.69) is 26.1 Å². The average molecular weight is 313 g/mol. The van der Waals surface area contributed by atoms with E-state index in [1.54, 1.807) is 15.9 Å². The van der Waals surface area contributed by atoms with Gasteiger partial charge in [0.15, 0.2) is 4.34 Å². The maximum absolute atomic E-state index is 4.59. The summed E-state index contributed by atoms with van der Waals surface area (Å²) in [4.78, 5) is 13.5. The molecular formula is C14H11N5S2. The molecule has 5 nitrogen and oxygen atoms in total. The summed E-state index contributed by atoms with van der Waals surface area (Å²) in [6, 6.07) is 10.1. The summed E-state index contributed by atoms with van der Waals surface area (Å²) in [5.41, 5.74) is 2.99. The zero-order valence-electron chi connectivity index (χ0n) is 11.4. The molecule has 0 aliphatic carbocycles. The number of fused-ring (bicyclic) bond motifs is 2. The third-order valence-electron chi connectivity index (χ3n) is 3.05. The maximum atomic E-state index is 4.59. The Morgan fingerprint density at radius 3 is 2.81 bits per heavy atom. The third-order valence-corrected chi connectivity index (χ3v) is 5.00. The van der Waals surface area contributed by atoms with Crippen molar-refractivity contribution in [1.82, 2.24) is 24.6 Å². The number of para-hydroxylation sites is 1. The fourth-order valence-electron chi connectivity index (χ4n) is 2.16. The molecule has 7 heteroatoms. The quantitative estimate of drug-likeness (QED) is 0.567. The summed E-state index contributed by atoms with van der Waals surface area (Å²) in [7, 11) is 0. The van der Waals surface area contributed by atoms with Crippen molar-refractivity contribution in [2.75, 3.05) is 0 Å². The topological polar surface area (TPSA) is 56.0 Å². The van der Waals surface area contributed by atoms with Crippen LogP contribution in [0.4, 0.5) is 0 Å². The average Bonchev–Trinajstić information content (AvgIpc) is 3.01. The highest BCUT2D eigenvalue weighted by atomic mass is 32.2. The van der Waals surface area contributed by atoms with Gasteiger partial charge in [0, 0.05) is 11.4 Å². The predicted molar refractivity (Wildman–Crippen MR) is 84.0 cm³/mol. The third kappa shape index (κ3) is 2.28. The van der Waals surface area contributed by atoms with E-state index in [0.717, 1.165) is 21.2 Å². The molecule has 0 N–H and O–H groups in total. The lowest BCUT2D eigenvalue weighted by molar-refractivity contribution is 0.843. The van der Waals surface area contributed by atoms with Crippen molar-refractivity contribution >= 4 is 39.1 Å². The Morgan fingerprint density at radius 1 is 1.10 bits per heavy atom. The largest absolute Gasteiger partial charge is 0.253 e. The van der Waals surface area contributed by atoms with Crippen molar-refractivity contribution in [3.63, 3.8) is 0 Å². The fraction of sp³-hybridized carbons (Fsp3) is 0.143. The molecule has 0 aliphatic rings. The van der Waals surface area contributed by atoms with E-state index in [-0.39, 0.29) is 0 Å². The lowest BCUT2D eigenvalue weighted by Crippen LogP contribution is -1.97. The molecule has 0 unspecified atom stereocenters. The summed E-state index contributed by atoms with van der Waals surface area (Å²) in [5, 5.41) is 5.17. The van der Waals surface area contributed by atoms with Crippen molar-refractivity contribution in [2.24, 2.45) is 0 Å². The Balaban J connectivity index is 1.75. The summed E-state index contributed by atoms with van der Waals surface area (Å²) in [5.74, 6) is 0.635. The van der Waals surface area contributed by atoms with Gasteiger partial charge in [-0.2, -0.15) is 4.98 Å². The van der Waals surface area contributed by atoms with Crippen LogP contribution in [0.5, 0.6) is 0 Å². The molecule has 1 aromatic carbocycles. The van der Waals surface area contributed by atoms with E-state index in [1.807, 2.05) is 38.1 Å². The van der Waals surface area contributed by atoms with Gasteiger partial charge in [-0.05, 0) is 43.8 Å². The van der Waals surface area contributed by atoms with E-state index >= 15 is 0 Å². The minimum atomic E-state index is 0.635. The van der Waals surface area contributed by atoms with Gasteiger partial charge in [0.05, 0.1) is 10.2 Å². The highest BCUT2D eigenvalue weighted by molar-refractivity contribution is 8.01. The Kier molecular flexibility index (Phi) is 2.90. The lowest BCUT2D eigenvalue weighted by atomic mass is 10.3. The number of thiazole rings is 1. The molecule has 3 heterocycles. The van der Waals surface area contributed by atoms with Crippen LogP contribution in [0.1, 0.15) is 11.4 Å². The molecular weight excluding hydrogens is 302 g/mol. The number of aromatic nitrogens is 5. The zero-order valence-corrected chi connectivity index (χ0v) is 13.1. The zero-order chi connectivity index (χ0) is 14.4. The van der Waals surface area contributed by atoms with Gasteiger partial charge in [-0.3, -0.25) is 0 Å². The highest BCUT2D eigenvalue weighted by Crippen LogP contribution is 2.32. The van der Waals surface area contributed by atoms with Gasteiger partial charge < -0.3 is 0 Å². The SMILES string of the molecule is Cc1cc(C)n2nc(Sc3nc4ccccc4s3)nc2n1. The van der Waals surface area contributed by atoms with Crippen molar-refractivity contribution < 1.29 is 0 Å². The molecule has 0 amide bonds. The van der Waals surface area contributed by atoms with Gasteiger partial charge in [0.2, 0.25) is 5.16 Å². The van der Waals surface area contributed by atoms with Crippen LogP contribution in [0.15, 0.2) is 39.8 Å². The molecule has 104 valence electrons. The number of nitrogens with zero attached hydrogens (tertiary/aromatic N) is 5. The Bertz CT molecular complexity index is 923. The lowest BCUT2D eigenvalue weighted by Gasteiger charge is -1.97. The molecule has 0 spiro atoms. The van der Waals surface area contributed by atoms with E-state index in [4.69, 9.17) is 0 Å². The molecule has 0 bridgehead atoms. The van der Waals surface area contributed by atoms with Crippen LogP contribution in [0.3, 0.4) is 0 Å². The predicted octanol–water partition coefficient (Wildman–Crippen LogP) is 3.50. The van der Waals surface area contributed by atoms with E-state index < -0.39 is 0 Å². The van der Waals surface area contributed by atoms with Crippen LogP contribution in [0.2, 0.25) is 0 Å². The number of rotatable bonds is 2. The van der Waals surface area contributed by atoms with Crippen LogP contribution >= 0.6 is 23.1 Å². The van der Waals surface area contributed by atoms with E-state index in [0.29, 0.717) is 10.9 Å². The first-order valence-corrected chi connectivity index (χ1v) is 8.07. The minimum absolute atomic E-state index is 0.635. The highest BCUT2D eigenvalue weighted by Gasteiger charge is 2.11. The van der Waals surface area contributed by atoms with Crippen molar-refractivity contribution in [1.29, 1.82) is 0 Å². The van der Waals surface area contributed by atoms with Crippen LogP contribution < -0.4 is 0 Å². The summed E-state index contributed by atoms with van der Waals surface area (Å²) in [6.45, 7) is 3.96. The Morgan fingerprint density at radius 2 is 1.95 bits per heavy atom. The van der Waals surface area contributed by atoms with Crippen molar-refractivity contribution in [2.45, 2.75) is 23.3 Å². The number of aryl methyl sites for hydroxylation is 2. The van der Waals surface area contributed by atoms with Crippen LogP contribution in [0.25, 0.3) is 16.0 Å². The van der Waals surface area contributed by atoms with Gasteiger partial charge in [0.25, 0.3) is 5.78 Å². The molecule has 0 fully saturated rings. The molecule has 0 atom stereocenters. The summed E-state index contributed by atoms with van der Waals surface area (Å²) < 4.78 is 3.89. The molecule has 0 radical (unpaired) electrons. The molecule has 4 aromatic rings. The second-order valence-electron chi connectivity index (χ2n) is 4.69. The smallest absolute Gasteiger partial charge is 0.229 e. The van der Waals surface area contributed by atoms with E-state index in [1.165, 1.54) is 16.5 Å². The van der Waals surface area contributed by atoms with Crippen molar-refractivity contribution in [3.8, 4) is 0 Å². The van der Waals surface area contributed by atoms with Gasteiger partial charge in [0.1, 0.15) is 0 Å². The fourth-order valence-corrected chi connectivity index (χ4v) is 4.07. The first-order valence-electron chi connectivity index (χ1n) is 6.43. The first-order chi connectivity index (χ1) is 10.2. The number of hydrogen-bond acceptors (Lipinski definition) is 6.